The Balaban J connectivity index is 2.15. The van der Waals surface area contributed by atoms with Crippen LogP contribution in [-0.4, -0.2) is 14.9 Å². The summed E-state index contributed by atoms with van der Waals surface area (Å²) in [5.41, 5.74) is 9.45. The Kier molecular flexibility index (Phi) is 2.35. The van der Waals surface area contributed by atoms with E-state index >= 15 is 0 Å². The normalized spacial score (nSPS) is 13.9. The fraction of sp³-hybridized carbons (Fsp3) is 0.250. The quantitative estimate of drug-likeness (QED) is 0.810. The number of hydrogen-bond acceptors (Lipinski definition) is 4. The van der Waals surface area contributed by atoms with E-state index in [-0.39, 0.29) is 5.75 Å². The van der Waals surface area contributed by atoms with Crippen molar-refractivity contribution in [1.29, 1.82) is 0 Å². The van der Waals surface area contributed by atoms with Crippen LogP contribution in [0.3, 0.4) is 0 Å². The highest BCUT2D eigenvalue weighted by Gasteiger charge is 2.22. The van der Waals surface area contributed by atoms with Crippen molar-refractivity contribution in [3.63, 3.8) is 0 Å². The summed E-state index contributed by atoms with van der Waals surface area (Å²) in [5.74, 6) is 0.222. The first-order valence-corrected chi connectivity index (χ1v) is 5.46. The number of rotatable bonds is 2. The predicted molar refractivity (Wildman–Crippen MR) is 61.6 cm³/mol. The highest BCUT2D eigenvalue weighted by molar-refractivity contribution is 5.42. The second-order valence-corrected chi connectivity index (χ2v) is 4.00. The maximum Gasteiger partial charge on any atom is 0.117 e. The van der Waals surface area contributed by atoms with E-state index in [1.165, 1.54) is 0 Å². The molecule has 0 unspecified atom stereocenters. The van der Waals surface area contributed by atoms with E-state index in [0.717, 1.165) is 22.6 Å². The Hall–Kier alpha value is -1.85. The van der Waals surface area contributed by atoms with Crippen LogP contribution in [0, 0.1) is 0 Å². The second kappa shape index (κ2) is 3.87. The van der Waals surface area contributed by atoms with Crippen LogP contribution in [0.25, 0.3) is 5.69 Å². The number of hydrogen-bond donors (Lipinski definition) is 2. The maximum atomic E-state index is 9.49. The molecule has 0 spiro atoms. The van der Waals surface area contributed by atoms with Crippen LogP contribution < -0.4 is 5.73 Å². The number of ether oxygens (including phenoxy) is 1. The number of aromatic nitrogens is 2. The van der Waals surface area contributed by atoms with Gasteiger partial charge in [0.15, 0.2) is 0 Å². The van der Waals surface area contributed by atoms with Crippen LogP contribution in [0.2, 0.25) is 0 Å². The molecule has 5 heteroatoms. The first-order valence-electron chi connectivity index (χ1n) is 5.46. The summed E-state index contributed by atoms with van der Waals surface area (Å²) in [6.07, 6.45) is 0. The molecule has 17 heavy (non-hydrogen) atoms. The zero-order chi connectivity index (χ0) is 11.8. The molecule has 0 saturated heterocycles. The smallest absolute Gasteiger partial charge is 0.117 e. The molecule has 2 heterocycles. The summed E-state index contributed by atoms with van der Waals surface area (Å²) in [7, 11) is 0. The van der Waals surface area contributed by atoms with Crippen LogP contribution in [0.5, 0.6) is 5.75 Å². The molecule has 0 atom stereocenters. The van der Waals surface area contributed by atoms with E-state index in [2.05, 4.69) is 5.10 Å². The van der Waals surface area contributed by atoms with Crippen molar-refractivity contribution >= 4 is 0 Å². The van der Waals surface area contributed by atoms with Gasteiger partial charge < -0.3 is 15.6 Å². The second-order valence-electron chi connectivity index (χ2n) is 4.00. The van der Waals surface area contributed by atoms with Crippen molar-refractivity contribution in [3.05, 3.63) is 41.2 Å². The third-order valence-corrected chi connectivity index (χ3v) is 2.93. The van der Waals surface area contributed by atoms with Crippen molar-refractivity contribution in [2.45, 2.75) is 19.8 Å². The third kappa shape index (κ3) is 1.60. The van der Waals surface area contributed by atoms with E-state index in [1.807, 2.05) is 6.07 Å². The minimum Gasteiger partial charge on any atom is -0.508 e. The van der Waals surface area contributed by atoms with Crippen molar-refractivity contribution in [2.75, 3.05) is 0 Å². The monoisotopic (exact) mass is 231 g/mol. The molecule has 0 amide bonds. The van der Waals surface area contributed by atoms with Gasteiger partial charge in [-0.1, -0.05) is 6.07 Å². The highest BCUT2D eigenvalue weighted by atomic mass is 16.5. The molecule has 0 bridgehead atoms. The van der Waals surface area contributed by atoms with Gasteiger partial charge in [-0.25, -0.2) is 4.68 Å². The Labute approximate surface area is 98.4 Å². The van der Waals surface area contributed by atoms with Crippen molar-refractivity contribution in [2.24, 2.45) is 5.73 Å². The number of nitrogens with two attached hydrogens (primary N) is 1. The average molecular weight is 231 g/mol. The Morgan fingerprint density at radius 1 is 1.41 bits per heavy atom. The van der Waals surface area contributed by atoms with Gasteiger partial charge >= 0.3 is 0 Å². The van der Waals surface area contributed by atoms with Gasteiger partial charge in [0.2, 0.25) is 0 Å². The number of phenolic OH excluding ortho intramolecular Hbond substituents is 1. The van der Waals surface area contributed by atoms with Gasteiger partial charge in [-0.15, -0.1) is 0 Å². The molecule has 0 saturated carbocycles. The van der Waals surface area contributed by atoms with Gasteiger partial charge in [0.05, 0.1) is 30.3 Å². The lowest BCUT2D eigenvalue weighted by atomic mass is 10.2. The number of phenols is 1. The van der Waals surface area contributed by atoms with E-state index < -0.39 is 0 Å². The van der Waals surface area contributed by atoms with E-state index in [1.54, 1.807) is 22.9 Å². The molecule has 3 N–H and O–H groups in total. The minimum atomic E-state index is 0.222. The fourth-order valence-electron chi connectivity index (χ4n) is 2.10. The van der Waals surface area contributed by atoms with Crippen molar-refractivity contribution in [1.82, 2.24) is 9.78 Å². The molecule has 1 aliphatic heterocycles. The van der Waals surface area contributed by atoms with E-state index in [0.29, 0.717) is 19.8 Å². The SMILES string of the molecule is NCc1nn(-c2cccc(O)c2)c2c1COC2. The highest BCUT2D eigenvalue weighted by Crippen LogP contribution is 2.26. The van der Waals surface area contributed by atoms with Crippen LogP contribution >= 0.6 is 0 Å². The predicted octanol–water partition coefficient (Wildman–Crippen LogP) is 1.07. The summed E-state index contributed by atoms with van der Waals surface area (Å²) in [6, 6.07) is 6.99. The lowest BCUT2D eigenvalue weighted by molar-refractivity contribution is 0.130. The number of aromatic hydroxyl groups is 1. The lowest BCUT2D eigenvalue weighted by Crippen LogP contribution is -2.04. The Bertz CT molecular complexity index is 563. The molecular formula is C12H13N3O2. The van der Waals surface area contributed by atoms with Crippen LogP contribution in [0.1, 0.15) is 17.0 Å². The molecule has 5 nitrogen and oxygen atoms in total. The van der Waals surface area contributed by atoms with Crippen LogP contribution in [0.4, 0.5) is 0 Å². The molecular weight excluding hydrogens is 218 g/mol. The van der Waals surface area contributed by atoms with Crippen LogP contribution in [0.15, 0.2) is 24.3 Å². The molecule has 0 aliphatic carbocycles. The van der Waals surface area contributed by atoms with Gasteiger partial charge in [0.1, 0.15) is 5.75 Å². The standard InChI is InChI=1S/C12H13N3O2/c13-5-11-10-6-17-7-12(10)15(14-11)8-2-1-3-9(16)4-8/h1-4,16H,5-7,13H2. The Morgan fingerprint density at radius 3 is 3.06 bits per heavy atom. The summed E-state index contributed by atoms with van der Waals surface area (Å²) in [6.45, 7) is 1.51. The lowest BCUT2D eigenvalue weighted by Gasteiger charge is -2.05. The van der Waals surface area contributed by atoms with E-state index in [4.69, 9.17) is 10.5 Å². The number of fused-ring (bicyclic) bond motifs is 1. The van der Waals surface area contributed by atoms with Gasteiger partial charge in [-0.2, -0.15) is 5.10 Å². The third-order valence-electron chi connectivity index (χ3n) is 2.93. The molecule has 1 aromatic heterocycles. The summed E-state index contributed by atoms with van der Waals surface area (Å²) >= 11 is 0. The average Bonchev–Trinajstić information content (AvgIpc) is 2.89. The summed E-state index contributed by atoms with van der Waals surface area (Å²) in [4.78, 5) is 0. The van der Waals surface area contributed by atoms with E-state index in [9.17, 15) is 5.11 Å². The molecule has 88 valence electrons. The van der Waals surface area contributed by atoms with Gasteiger partial charge in [-0.05, 0) is 12.1 Å². The van der Waals surface area contributed by atoms with Gasteiger partial charge in [0, 0.05) is 18.2 Å². The fourth-order valence-corrected chi connectivity index (χ4v) is 2.10. The first-order chi connectivity index (χ1) is 8.29. The largest absolute Gasteiger partial charge is 0.508 e. The van der Waals surface area contributed by atoms with Crippen molar-refractivity contribution < 1.29 is 9.84 Å². The zero-order valence-corrected chi connectivity index (χ0v) is 9.26. The number of benzene rings is 1. The Morgan fingerprint density at radius 2 is 2.29 bits per heavy atom. The number of nitrogens with zero attached hydrogens (tertiary/aromatic N) is 2. The molecule has 0 radical (unpaired) electrons. The van der Waals surface area contributed by atoms with Gasteiger partial charge in [0.25, 0.3) is 0 Å². The zero-order valence-electron chi connectivity index (χ0n) is 9.26. The molecule has 1 aromatic carbocycles. The maximum absolute atomic E-state index is 9.49. The molecule has 1 aliphatic rings. The van der Waals surface area contributed by atoms with Crippen molar-refractivity contribution in [3.8, 4) is 11.4 Å². The molecule has 2 aromatic rings. The molecule has 3 rings (SSSR count). The summed E-state index contributed by atoms with van der Waals surface area (Å²) < 4.78 is 7.21. The van der Waals surface area contributed by atoms with Crippen LogP contribution in [-0.2, 0) is 24.5 Å². The first kappa shape index (κ1) is 10.3. The van der Waals surface area contributed by atoms with Gasteiger partial charge in [-0.3, -0.25) is 0 Å². The molecule has 0 fully saturated rings. The minimum absolute atomic E-state index is 0.222. The topological polar surface area (TPSA) is 73.3 Å². The summed E-state index contributed by atoms with van der Waals surface area (Å²) in [5, 5.41) is 14.0.